The summed E-state index contributed by atoms with van der Waals surface area (Å²) in [5.74, 6) is -0.899. The Labute approximate surface area is 173 Å². The Hall–Kier alpha value is -3.16. The van der Waals surface area contributed by atoms with E-state index >= 15 is 0 Å². The van der Waals surface area contributed by atoms with E-state index in [4.69, 9.17) is 11.6 Å². The van der Waals surface area contributed by atoms with Gasteiger partial charge in [-0.3, -0.25) is 9.59 Å². The molecule has 3 rings (SSSR count). The second-order valence-electron chi connectivity index (χ2n) is 6.23. The molecule has 8 heteroatoms. The van der Waals surface area contributed by atoms with E-state index in [0.29, 0.717) is 11.3 Å². The Bertz CT molecular complexity index is 1180. The number of amides is 2. The van der Waals surface area contributed by atoms with Crippen molar-refractivity contribution < 1.29 is 18.0 Å². The molecule has 0 aliphatic rings. The van der Waals surface area contributed by atoms with Crippen LogP contribution in [-0.2, 0) is 9.84 Å². The Morgan fingerprint density at radius 1 is 0.793 bits per heavy atom. The van der Waals surface area contributed by atoms with E-state index in [1.807, 2.05) is 0 Å². The minimum absolute atomic E-state index is 0.0304. The number of halogens is 1. The molecule has 0 unspecified atom stereocenters. The molecular weight excluding hydrogens is 412 g/mol. The van der Waals surface area contributed by atoms with Gasteiger partial charge in [0, 0.05) is 11.8 Å². The average Bonchev–Trinajstić information content (AvgIpc) is 2.69. The van der Waals surface area contributed by atoms with Gasteiger partial charge in [-0.25, -0.2) is 8.42 Å². The van der Waals surface area contributed by atoms with E-state index in [0.717, 1.165) is 6.26 Å². The van der Waals surface area contributed by atoms with Crippen molar-refractivity contribution in [2.45, 2.75) is 4.90 Å². The fourth-order valence-electron chi connectivity index (χ4n) is 2.59. The van der Waals surface area contributed by atoms with Crippen molar-refractivity contribution >= 4 is 44.6 Å². The number of benzene rings is 3. The molecule has 0 saturated carbocycles. The van der Waals surface area contributed by atoms with Gasteiger partial charge in [0.05, 0.1) is 26.9 Å². The van der Waals surface area contributed by atoms with Crippen molar-refractivity contribution in [3.05, 3.63) is 88.9 Å². The Morgan fingerprint density at radius 2 is 1.41 bits per heavy atom. The molecule has 0 bridgehead atoms. The van der Waals surface area contributed by atoms with Crippen molar-refractivity contribution in [2.24, 2.45) is 0 Å². The number of hydrogen-bond acceptors (Lipinski definition) is 4. The molecule has 0 aromatic heterocycles. The first-order valence-corrected chi connectivity index (χ1v) is 10.8. The quantitative estimate of drug-likeness (QED) is 0.635. The minimum Gasteiger partial charge on any atom is -0.321 e. The molecule has 0 radical (unpaired) electrons. The second-order valence-corrected chi connectivity index (χ2v) is 8.66. The van der Waals surface area contributed by atoms with E-state index in [9.17, 15) is 18.0 Å². The molecule has 2 N–H and O–H groups in total. The van der Waals surface area contributed by atoms with E-state index in [-0.39, 0.29) is 27.1 Å². The lowest BCUT2D eigenvalue weighted by molar-refractivity contribution is 0.102. The largest absolute Gasteiger partial charge is 0.321 e. The van der Waals surface area contributed by atoms with Gasteiger partial charge in [-0.1, -0.05) is 41.9 Å². The lowest BCUT2D eigenvalue weighted by atomic mass is 10.1. The second kappa shape index (κ2) is 8.46. The van der Waals surface area contributed by atoms with Crippen LogP contribution in [0.4, 0.5) is 11.4 Å². The summed E-state index contributed by atoms with van der Waals surface area (Å²) in [5, 5.41) is 5.51. The van der Waals surface area contributed by atoms with Gasteiger partial charge in [0.1, 0.15) is 0 Å². The maximum absolute atomic E-state index is 12.8. The van der Waals surface area contributed by atoms with Crippen LogP contribution in [0.3, 0.4) is 0 Å². The number of hydrogen-bond donors (Lipinski definition) is 2. The van der Waals surface area contributed by atoms with Crippen molar-refractivity contribution in [3.8, 4) is 0 Å². The molecule has 3 aromatic rings. The predicted octanol–water partition coefficient (Wildman–Crippen LogP) is 4.25. The van der Waals surface area contributed by atoms with Crippen LogP contribution in [-0.4, -0.2) is 26.5 Å². The lowest BCUT2D eigenvalue weighted by Crippen LogP contribution is -2.18. The molecule has 6 nitrogen and oxygen atoms in total. The predicted molar refractivity (Wildman–Crippen MR) is 113 cm³/mol. The molecule has 0 aliphatic carbocycles. The van der Waals surface area contributed by atoms with E-state index < -0.39 is 15.7 Å². The van der Waals surface area contributed by atoms with Gasteiger partial charge in [-0.2, -0.15) is 0 Å². The first-order chi connectivity index (χ1) is 13.8. The molecule has 0 saturated heterocycles. The van der Waals surface area contributed by atoms with Crippen LogP contribution >= 0.6 is 11.6 Å². The van der Waals surface area contributed by atoms with Gasteiger partial charge in [0.2, 0.25) is 0 Å². The van der Waals surface area contributed by atoms with Gasteiger partial charge < -0.3 is 10.6 Å². The zero-order valence-electron chi connectivity index (χ0n) is 15.3. The molecule has 3 aromatic carbocycles. The fraction of sp³-hybridized carbons (Fsp3) is 0.0476. The monoisotopic (exact) mass is 428 g/mol. The molecule has 0 atom stereocenters. The van der Waals surface area contributed by atoms with Gasteiger partial charge in [-0.05, 0) is 42.5 Å². The fourth-order valence-corrected chi connectivity index (χ4v) is 3.41. The minimum atomic E-state index is -3.46. The molecule has 0 fully saturated rings. The lowest BCUT2D eigenvalue weighted by Gasteiger charge is -2.13. The summed E-state index contributed by atoms with van der Waals surface area (Å²) < 4.78 is 23.5. The third-order valence-electron chi connectivity index (χ3n) is 4.07. The van der Waals surface area contributed by atoms with Crippen molar-refractivity contribution in [3.63, 3.8) is 0 Å². The highest BCUT2D eigenvalue weighted by atomic mass is 35.5. The summed E-state index contributed by atoms with van der Waals surface area (Å²) in [6.45, 7) is 0. The summed E-state index contributed by atoms with van der Waals surface area (Å²) in [5.41, 5.74) is 1.13. The van der Waals surface area contributed by atoms with E-state index in [1.165, 1.54) is 18.2 Å². The maximum atomic E-state index is 12.8. The van der Waals surface area contributed by atoms with Crippen LogP contribution in [0.1, 0.15) is 20.7 Å². The van der Waals surface area contributed by atoms with Crippen LogP contribution in [0.5, 0.6) is 0 Å². The zero-order valence-corrected chi connectivity index (χ0v) is 16.9. The Balaban J connectivity index is 1.87. The summed E-state index contributed by atoms with van der Waals surface area (Å²) >= 11 is 6.10. The van der Waals surface area contributed by atoms with Gasteiger partial charge >= 0.3 is 0 Å². The van der Waals surface area contributed by atoms with Crippen LogP contribution in [0.25, 0.3) is 0 Å². The summed E-state index contributed by atoms with van der Waals surface area (Å²) in [7, 11) is -3.46. The number of carbonyl (C=O) groups excluding carboxylic acids is 2. The average molecular weight is 429 g/mol. The van der Waals surface area contributed by atoms with Crippen LogP contribution in [0.15, 0.2) is 77.7 Å². The highest BCUT2D eigenvalue weighted by Gasteiger charge is 2.17. The number of nitrogens with one attached hydrogen (secondary N) is 2. The van der Waals surface area contributed by atoms with Crippen molar-refractivity contribution in [1.82, 2.24) is 0 Å². The highest BCUT2D eigenvalue weighted by molar-refractivity contribution is 7.90. The first-order valence-electron chi connectivity index (χ1n) is 8.52. The van der Waals surface area contributed by atoms with Gasteiger partial charge in [0.15, 0.2) is 9.84 Å². The highest BCUT2D eigenvalue weighted by Crippen LogP contribution is 2.27. The van der Waals surface area contributed by atoms with Crippen LogP contribution in [0, 0.1) is 0 Å². The van der Waals surface area contributed by atoms with E-state index in [2.05, 4.69) is 10.6 Å². The van der Waals surface area contributed by atoms with Crippen LogP contribution < -0.4 is 10.6 Å². The molecular formula is C21H17ClN2O4S. The summed E-state index contributed by atoms with van der Waals surface area (Å²) in [6, 6.07) is 19.1. The molecule has 29 heavy (non-hydrogen) atoms. The smallest absolute Gasteiger partial charge is 0.257 e. The standard InChI is InChI=1S/C21H17ClN2O4S/c1-29(27,28)15-11-12-17(22)19(13-15)24-21(26)16-9-5-6-10-18(16)23-20(25)14-7-3-2-4-8-14/h2-13H,1H3,(H,23,25)(H,24,26). The molecule has 0 aliphatic heterocycles. The Morgan fingerprint density at radius 3 is 2.10 bits per heavy atom. The SMILES string of the molecule is CS(=O)(=O)c1ccc(Cl)c(NC(=O)c2ccccc2NC(=O)c2ccccc2)c1. The Kier molecular flexibility index (Phi) is 6.00. The third kappa shape index (κ3) is 5.01. The zero-order chi connectivity index (χ0) is 21.0. The molecule has 0 spiro atoms. The topological polar surface area (TPSA) is 92.3 Å². The van der Waals surface area contributed by atoms with Crippen molar-refractivity contribution in [1.29, 1.82) is 0 Å². The summed E-state index contributed by atoms with van der Waals surface area (Å²) in [4.78, 5) is 25.3. The number of rotatable bonds is 5. The van der Waals surface area contributed by atoms with Gasteiger partial charge in [0.25, 0.3) is 11.8 Å². The maximum Gasteiger partial charge on any atom is 0.257 e. The number of anilines is 2. The first kappa shape index (κ1) is 20.6. The molecule has 2 amide bonds. The number of carbonyl (C=O) groups is 2. The normalized spacial score (nSPS) is 11.0. The number of para-hydroxylation sites is 1. The van der Waals surface area contributed by atoms with Gasteiger partial charge in [-0.15, -0.1) is 0 Å². The molecule has 0 heterocycles. The number of sulfone groups is 1. The summed E-state index contributed by atoms with van der Waals surface area (Å²) in [6.07, 6.45) is 1.07. The molecule has 148 valence electrons. The van der Waals surface area contributed by atoms with E-state index in [1.54, 1.807) is 54.6 Å². The third-order valence-corrected chi connectivity index (χ3v) is 5.51. The van der Waals surface area contributed by atoms with Crippen LogP contribution in [0.2, 0.25) is 5.02 Å². The van der Waals surface area contributed by atoms with Crippen molar-refractivity contribution in [2.75, 3.05) is 16.9 Å².